The topological polar surface area (TPSA) is 145 Å². The summed E-state index contributed by atoms with van der Waals surface area (Å²) >= 11 is 0. The van der Waals surface area contributed by atoms with Gasteiger partial charge in [-0.25, -0.2) is 19.7 Å². The van der Waals surface area contributed by atoms with Gasteiger partial charge in [-0.05, 0) is 32.8 Å². The molecule has 4 heterocycles. The molecule has 0 spiro atoms. The number of primary amides is 1. The van der Waals surface area contributed by atoms with Gasteiger partial charge in [-0.3, -0.25) is 4.21 Å². The summed E-state index contributed by atoms with van der Waals surface area (Å²) in [6.45, 7) is 7.53. The van der Waals surface area contributed by atoms with Gasteiger partial charge in [-0.1, -0.05) is 6.08 Å². The number of amides is 1. The van der Waals surface area contributed by atoms with E-state index in [-0.39, 0.29) is 6.61 Å². The van der Waals surface area contributed by atoms with Crippen LogP contribution in [-0.4, -0.2) is 67.8 Å². The lowest BCUT2D eigenvalue weighted by atomic mass is 10.1. The van der Waals surface area contributed by atoms with Crippen molar-refractivity contribution >= 4 is 34.2 Å². The van der Waals surface area contributed by atoms with Gasteiger partial charge in [-0.15, -0.1) is 0 Å². The SMILES string of the molecule is CCOc1cnc(C2=CCN(c3nc4c(c(NC(C)(C)COC(N)=O)n3)[S@@](=O)CC4)CC2)nc1. The number of anilines is 2. The molecule has 2 aromatic rings. The van der Waals surface area contributed by atoms with Gasteiger partial charge in [0, 0.05) is 25.3 Å². The third-order valence-corrected chi connectivity index (χ3v) is 6.89. The summed E-state index contributed by atoms with van der Waals surface area (Å²) in [4.78, 5) is 32.0. The van der Waals surface area contributed by atoms with Crippen molar-refractivity contribution in [2.45, 2.75) is 44.0 Å². The molecule has 2 aliphatic heterocycles. The van der Waals surface area contributed by atoms with Crippen LogP contribution >= 0.6 is 0 Å². The number of carbonyl (C=O) groups excluding carboxylic acids is 1. The van der Waals surface area contributed by atoms with E-state index in [1.807, 2.05) is 20.8 Å². The number of nitrogens with zero attached hydrogens (tertiary/aromatic N) is 5. The van der Waals surface area contributed by atoms with Gasteiger partial charge in [0.1, 0.15) is 17.3 Å². The number of nitrogens with one attached hydrogen (secondary N) is 1. The van der Waals surface area contributed by atoms with Crippen molar-refractivity contribution in [3.05, 3.63) is 30.0 Å². The third-order valence-electron chi connectivity index (χ3n) is 5.43. The molecule has 182 valence electrons. The summed E-state index contributed by atoms with van der Waals surface area (Å²) in [5, 5.41) is 3.28. The van der Waals surface area contributed by atoms with Crippen LogP contribution in [0.2, 0.25) is 0 Å². The second-order valence-corrected chi connectivity index (χ2v) is 10.2. The first-order valence-corrected chi connectivity index (χ1v) is 12.5. The van der Waals surface area contributed by atoms with E-state index >= 15 is 0 Å². The molecule has 0 bridgehead atoms. The molecule has 2 aliphatic rings. The van der Waals surface area contributed by atoms with Crippen molar-refractivity contribution < 1.29 is 18.5 Å². The number of aryl methyl sites for hydroxylation is 1. The summed E-state index contributed by atoms with van der Waals surface area (Å²) in [5.41, 5.74) is 6.28. The van der Waals surface area contributed by atoms with Crippen LogP contribution in [0.5, 0.6) is 5.75 Å². The maximum atomic E-state index is 12.6. The molecule has 0 unspecified atom stereocenters. The van der Waals surface area contributed by atoms with Crippen LogP contribution in [-0.2, 0) is 22.0 Å². The number of ether oxygens (including phenoxy) is 2. The van der Waals surface area contributed by atoms with Crippen LogP contribution in [0.3, 0.4) is 0 Å². The molecule has 34 heavy (non-hydrogen) atoms. The van der Waals surface area contributed by atoms with Crippen LogP contribution < -0.4 is 20.7 Å². The first kappa shape index (κ1) is 23.9. The van der Waals surface area contributed by atoms with E-state index in [1.54, 1.807) is 12.4 Å². The Morgan fingerprint density at radius 1 is 1.26 bits per heavy atom. The quantitative estimate of drug-likeness (QED) is 0.566. The highest BCUT2D eigenvalue weighted by molar-refractivity contribution is 7.85. The summed E-state index contributed by atoms with van der Waals surface area (Å²) in [7, 11) is -1.18. The van der Waals surface area contributed by atoms with Crippen LogP contribution in [0.25, 0.3) is 5.57 Å². The molecule has 4 rings (SSSR count). The average Bonchev–Trinajstić information content (AvgIpc) is 3.19. The lowest BCUT2D eigenvalue weighted by molar-refractivity contribution is 0.138. The van der Waals surface area contributed by atoms with E-state index in [4.69, 9.17) is 25.2 Å². The minimum atomic E-state index is -1.18. The molecule has 0 fully saturated rings. The van der Waals surface area contributed by atoms with Gasteiger partial charge >= 0.3 is 6.09 Å². The van der Waals surface area contributed by atoms with Crippen LogP contribution in [0.1, 0.15) is 38.7 Å². The summed E-state index contributed by atoms with van der Waals surface area (Å²) in [6, 6.07) is 0. The van der Waals surface area contributed by atoms with E-state index in [0.717, 1.165) is 17.7 Å². The van der Waals surface area contributed by atoms with E-state index in [9.17, 15) is 9.00 Å². The Morgan fingerprint density at radius 3 is 2.68 bits per heavy atom. The van der Waals surface area contributed by atoms with Crippen LogP contribution in [0.15, 0.2) is 23.4 Å². The standard InChI is InChI=1S/C22H29N7O4S/c1-4-32-15-11-24-18(25-12-15)14-5-8-29(9-6-14)21-26-16-7-10-34(31)17(16)19(27-21)28-22(2,3)13-33-20(23)30/h5,11-12H,4,6-10,13H2,1-3H3,(H2,23,30)(H,26,27,28)/t34-/m0/s1. The first-order chi connectivity index (χ1) is 16.3. The second kappa shape index (κ2) is 9.92. The molecule has 2 aromatic heterocycles. The largest absolute Gasteiger partial charge is 0.491 e. The Bertz CT molecular complexity index is 1120. The van der Waals surface area contributed by atoms with Crippen molar-refractivity contribution in [1.82, 2.24) is 19.9 Å². The lowest BCUT2D eigenvalue weighted by Gasteiger charge is -2.29. The smallest absolute Gasteiger partial charge is 0.404 e. The van der Waals surface area contributed by atoms with E-state index in [1.165, 1.54) is 0 Å². The molecule has 1 amide bonds. The van der Waals surface area contributed by atoms with E-state index < -0.39 is 22.4 Å². The second-order valence-electron chi connectivity index (χ2n) is 8.67. The molecule has 3 N–H and O–H groups in total. The fraction of sp³-hybridized carbons (Fsp3) is 0.500. The molecule has 12 heteroatoms. The maximum absolute atomic E-state index is 12.6. The van der Waals surface area contributed by atoms with Gasteiger partial charge in [0.15, 0.2) is 11.6 Å². The monoisotopic (exact) mass is 487 g/mol. The van der Waals surface area contributed by atoms with Gasteiger partial charge in [0.2, 0.25) is 5.95 Å². The van der Waals surface area contributed by atoms with E-state index in [2.05, 4.69) is 26.3 Å². The molecule has 0 saturated carbocycles. The Morgan fingerprint density at radius 2 is 2.03 bits per heavy atom. The minimum Gasteiger partial charge on any atom is -0.491 e. The molecule has 11 nitrogen and oxygen atoms in total. The molecule has 0 aliphatic carbocycles. The number of hydrogen-bond acceptors (Lipinski definition) is 10. The van der Waals surface area contributed by atoms with Gasteiger partial charge in [-0.2, -0.15) is 4.98 Å². The van der Waals surface area contributed by atoms with Crippen molar-refractivity contribution in [3.8, 4) is 5.75 Å². The zero-order valence-electron chi connectivity index (χ0n) is 19.5. The highest BCUT2D eigenvalue weighted by Gasteiger charge is 2.31. The van der Waals surface area contributed by atoms with Crippen LogP contribution in [0.4, 0.5) is 16.6 Å². The molecular formula is C22H29N7O4S. The zero-order chi connectivity index (χ0) is 24.3. The minimum absolute atomic E-state index is 0.0426. The molecule has 1 atom stereocenters. The number of nitrogens with two attached hydrogens (primary N) is 1. The predicted octanol–water partition coefficient (Wildman–Crippen LogP) is 1.91. The average molecular weight is 488 g/mol. The van der Waals surface area contributed by atoms with Gasteiger partial charge < -0.3 is 25.4 Å². The number of hydrogen-bond donors (Lipinski definition) is 2. The van der Waals surface area contributed by atoms with Crippen LogP contribution in [0, 0.1) is 0 Å². The number of rotatable bonds is 8. The Labute approximate surface area is 200 Å². The molecule has 0 saturated heterocycles. The predicted molar refractivity (Wildman–Crippen MR) is 128 cm³/mol. The third kappa shape index (κ3) is 5.44. The highest BCUT2D eigenvalue weighted by Crippen LogP contribution is 2.32. The number of carbonyl (C=O) groups is 1. The van der Waals surface area contributed by atoms with Crippen molar-refractivity contribution in [3.63, 3.8) is 0 Å². The summed E-state index contributed by atoms with van der Waals surface area (Å²) in [5.74, 6) is 2.91. The van der Waals surface area contributed by atoms with Crippen molar-refractivity contribution in [2.75, 3.05) is 42.3 Å². The first-order valence-electron chi connectivity index (χ1n) is 11.1. The Kier molecular flexibility index (Phi) is 6.96. The Balaban J connectivity index is 1.54. The highest BCUT2D eigenvalue weighted by atomic mass is 32.2. The lowest BCUT2D eigenvalue weighted by Crippen LogP contribution is -2.39. The maximum Gasteiger partial charge on any atom is 0.404 e. The zero-order valence-corrected chi connectivity index (χ0v) is 20.4. The molecule has 0 radical (unpaired) electrons. The van der Waals surface area contributed by atoms with Crippen molar-refractivity contribution in [2.24, 2.45) is 5.73 Å². The van der Waals surface area contributed by atoms with Crippen molar-refractivity contribution in [1.29, 1.82) is 0 Å². The van der Waals surface area contributed by atoms with Gasteiger partial charge in [0.25, 0.3) is 0 Å². The Hall–Kier alpha value is -3.28. The molecule has 0 aromatic carbocycles. The fourth-order valence-corrected chi connectivity index (χ4v) is 5.10. The normalized spacial score (nSPS) is 17.7. The van der Waals surface area contributed by atoms with E-state index in [0.29, 0.717) is 60.1 Å². The summed E-state index contributed by atoms with van der Waals surface area (Å²) in [6.07, 6.45) is 5.96. The fourth-order valence-electron chi connectivity index (χ4n) is 3.80. The molecular weight excluding hydrogens is 458 g/mol. The summed E-state index contributed by atoms with van der Waals surface area (Å²) < 4.78 is 23.0. The number of fused-ring (bicyclic) bond motifs is 1. The van der Waals surface area contributed by atoms with Gasteiger partial charge in [0.05, 0.1) is 41.0 Å². The number of aromatic nitrogens is 4.